The Labute approximate surface area is 115 Å². The Balaban J connectivity index is 1.97. The zero-order chi connectivity index (χ0) is 14.5. The third-order valence-electron chi connectivity index (χ3n) is 3.26. The van der Waals surface area contributed by atoms with Gasteiger partial charge in [-0.2, -0.15) is 0 Å². The van der Waals surface area contributed by atoms with E-state index in [1.807, 2.05) is 0 Å². The molecule has 0 saturated carbocycles. The molecule has 6 nitrogen and oxygen atoms in total. The molecular weight excluding hydrogens is 267 g/mol. The molecule has 1 aliphatic heterocycles. The second-order valence-corrected chi connectivity index (χ2v) is 4.69. The van der Waals surface area contributed by atoms with Gasteiger partial charge in [0.15, 0.2) is 0 Å². The van der Waals surface area contributed by atoms with E-state index in [0.717, 1.165) is 37.6 Å². The van der Waals surface area contributed by atoms with Gasteiger partial charge in [0.05, 0.1) is 4.92 Å². The van der Waals surface area contributed by atoms with Crippen molar-refractivity contribution in [3.05, 3.63) is 39.7 Å². The molecule has 108 valence electrons. The molecule has 0 aliphatic carbocycles. The Morgan fingerprint density at radius 1 is 1.55 bits per heavy atom. The van der Waals surface area contributed by atoms with Crippen molar-refractivity contribution in [3.63, 3.8) is 0 Å². The zero-order valence-electron chi connectivity index (χ0n) is 10.8. The fraction of sp³-hybridized carbons (Fsp3) is 0.462. The SMILES string of the molecule is O=C(NCCC1CCOC1)c1cc(F)ccc1[N+](=O)[O-]. The molecule has 1 atom stereocenters. The fourth-order valence-corrected chi connectivity index (χ4v) is 2.15. The summed E-state index contributed by atoms with van der Waals surface area (Å²) in [5.41, 5.74) is -0.647. The molecule has 0 aromatic heterocycles. The Morgan fingerprint density at radius 3 is 3.00 bits per heavy atom. The quantitative estimate of drug-likeness (QED) is 0.660. The molecule has 1 heterocycles. The second kappa shape index (κ2) is 6.42. The Hall–Kier alpha value is -2.02. The molecule has 2 rings (SSSR count). The molecule has 1 saturated heterocycles. The van der Waals surface area contributed by atoms with Crippen LogP contribution in [0.5, 0.6) is 0 Å². The van der Waals surface area contributed by atoms with Crippen LogP contribution in [0, 0.1) is 21.8 Å². The first-order valence-electron chi connectivity index (χ1n) is 6.38. The van der Waals surface area contributed by atoms with Crippen LogP contribution in [0.3, 0.4) is 0 Å². The van der Waals surface area contributed by atoms with E-state index in [1.54, 1.807) is 0 Å². The number of halogens is 1. The number of carbonyl (C=O) groups excluding carboxylic acids is 1. The summed E-state index contributed by atoms with van der Waals surface area (Å²) in [6, 6.07) is 2.84. The van der Waals surface area contributed by atoms with Crippen molar-refractivity contribution in [1.82, 2.24) is 5.32 Å². The van der Waals surface area contributed by atoms with Crippen LogP contribution < -0.4 is 5.32 Å². The molecule has 1 fully saturated rings. The molecule has 1 aliphatic rings. The smallest absolute Gasteiger partial charge is 0.282 e. The lowest BCUT2D eigenvalue weighted by atomic mass is 10.1. The molecule has 1 amide bonds. The summed E-state index contributed by atoms with van der Waals surface area (Å²) < 4.78 is 18.3. The minimum atomic E-state index is -0.695. The van der Waals surface area contributed by atoms with Crippen LogP contribution in [0.4, 0.5) is 10.1 Å². The lowest BCUT2D eigenvalue weighted by Crippen LogP contribution is -2.26. The first-order valence-corrected chi connectivity index (χ1v) is 6.38. The minimum absolute atomic E-state index is 0.252. The lowest BCUT2D eigenvalue weighted by Gasteiger charge is -2.09. The van der Waals surface area contributed by atoms with E-state index in [9.17, 15) is 19.3 Å². The first kappa shape index (κ1) is 14.4. The Kier molecular flexibility index (Phi) is 4.62. The number of carbonyl (C=O) groups is 1. The minimum Gasteiger partial charge on any atom is -0.381 e. The van der Waals surface area contributed by atoms with Crippen LogP contribution in [0.2, 0.25) is 0 Å². The molecule has 0 bridgehead atoms. The van der Waals surface area contributed by atoms with Gasteiger partial charge in [-0.05, 0) is 30.9 Å². The number of amides is 1. The van der Waals surface area contributed by atoms with Gasteiger partial charge in [-0.3, -0.25) is 14.9 Å². The number of nitro groups is 1. The van der Waals surface area contributed by atoms with Crippen LogP contribution in [0.15, 0.2) is 18.2 Å². The van der Waals surface area contributed by atoms with Crippen LogP contribution in [-0.4, -0.2) is 30.6 Å². The van der Waals surface area contributed by atoms with Gasteiger partial charge in [-0.1, -0.05) is 0 Å². The van der Waals surface area contributed by atoms with Gasteiger partial charge in [-0.25, -0.2) is 4.39 Å². The van der Waals surface area contributed by atoms with E-state index >= 15 is 0 Å². The van der Waals surface area contributed by atoms with Crippen molar-refractivity contribution in [2.75, 3.05) is 19.8 Å². The van der Waals surface area contributed by atoms with Crippen LogP contribution >= 0.6 is 0 Å². The highest BCUT2D eigenvalue weighted by atomic mass is 19.1. The van der Waals surface area contributed by atoms with Crippen LogP contribution in [-0.2, 0) is 4.74 Å². The molecule has 1 N–H and O–H groups in total. The van der Waals surface area contributed by atoms with Gasteiger partial charge >= 0.3 is 0 Å². The van der Waals surface area contributed by atoms with Crippen molar-refractivity contribution in [2.24, 2.45) is 5.92 Å². The highest BCUT2D eigenvalue weighted by molar-refractivity contribution is 5.98. The number of ether oxygens (including phenoxy) is 1. The highest BCUT2D eigenvalue weighted by Crippen LogP contribution is 2.20. The van der Waals surface area contributed by atoms with Crippen LogP contribution in [0.25, 0.3) is 0 Å². The van der Waals surface area contributed by atoms with Gasteiger partial charge in [-0.15, -0.1) is 0 Å². The normalized spacial score (nSPS) is 17.9. The highest BCUT2D eigenvalue weighted by Gasteiger charge is 2.21. The number of hydrogen-bond acceptors (Lipinski definition) is 4. The maximum atomic E-state index is 13.1. The third kappa shape index (κ3) is 3.51. The monoisotopic (exact) mass is 282 g/mol. The Morgan fingerprint density at radius 2 is 2.35 bits per heavy atom. The summed E-state index contributed by atoms with van der Waals surface area (Å²) in [5, 5.41) is 13.4. The van der Waals surface area contributed by atoms with E-state index in [-0.39, 0.29) is 5.56 Å². The third-order valence-corrected chi connectivity index (χ3v) is 3.26. The van der Waals surface area contributed by atoms with Crippen LogP contribution in [0.1, 0.15) is 23.2 Å². The Bertz CT molecular complexity index is 515. The number of hydrogen-bond donors (Lipinski definition) is 1. The molecule has 1 unspecified atom stereocenters. The second-order valence-electron chi connectivity index (χ2n) is 4.69. The van der Waals surface area contributed by atoms with Crippen molar-refractivity contribution in [2.45, 2.75) is 12.8 Å². The van der Waals surface area contributed by atoms with Gasteiger partial charge in [0.2, 0.25) is 0 Å². The summed E-state index contributed by atoms with van der Waals surface area (Å²) in [6.07, 6.45) is 1.70. The summed E-state index contributed by atoms with van der Waals surface area (Å²) in [5.74, 6) is -0.905. The van der Waals surface area contributed by atoms with Gasteiger partial charge in [0.25, 0.3) is 11.6 Å². The van der Waals surface area contributed by atoms with Crippen molar-refractivity contribution >= 4 is 11.6 Å². The van der Waals surface area contributed by atoms with E-state index in [4.69, 9.17) is 4.74 Å². The van der Waals surface area contributed by atoms with Gasteiger partial charge in [0.1, 0.15) is 11.4 Å². The molecular formula is C13H15FN2O4. The number of benzene rings is 1. The van der Waals surface area contributed by atoms with E-state index < -0.39 is 22.3 Å². The first-order chi connectivity index (χ1) is 9.58. The number of rotatable bonds is 5. The molecule has 1 aromatic rings. The summed E-state index contributed by atoms with van der Waals surface area (Å²) >= 11 is 0. The van der Waals surface area contributed by atoms with Crippen molar-refractivity contribution in [3.8, 4) is 0 Å². The summed E-state index contributed by atoms with van der Waals surface area (Å²) in [6.45, 7) is 1.80. The maximum Gasteiger partial charge on any atom is 0.282 e. The summed E-state index contributed by atoms with van der Waals surface area (Å²) in [4.78, 5) is 22.0. The summed E-state index contributed by atoms with van der Waals surface area (Å²) in [7, 11) is 0. The molecule has 0 radical (unpaired) electrons. The van der Waals surface area contributed by atoms with Gasteiger partial charge < -0.3 is 10.1 Å². The lowest BCUT2D eigenvalue weighted by molar-refractivity contribution is -0.385. The molecule has 0 spiro atoms. The van der Waals surface area contributed by atoms with E-state index in [0.29, 0.717) is 19.1 Å². The van der Waals surface area contributed by atoms with Crippen molar-refractivity contribution in [1.29, 1.82) is 0 Å². The van der Waals surface area contributed by atoms with E-state index in [1.165, 1.54) is 0 Å². The largest absolute Gasteiger partial charge is 0.381 e. The van der Waals surface area contributed by atoms with Crippen molar-refractivity contribution < 1.29 is 18.8 Å². The molecule has 20 heavy (non-hydrogen) atoms. The average molecular weight is 282 g/mol. The zero-order valence-corrected chi connectivity index (χ0v) is 10.8. The van der Waals surface area contributed by atoms with E-state index in [2.05, 4.69) is 5.32 Å². The topological polar surface area (TPSA) is 81.5 Å². The predicted molar refractivity (Wildman–Crippen MR) is 68.9 cm³/mol. The average Bonchev–Trinajstić information content (AvgIpc) is 2.91. The number of nitrogens with zero attached hydrogens (tertiary/aromatic N) is 1. The number of nitrogens with one attached hydrogen (secondary N) is 1. The fourth-order valence-electron chi connectivity index (χ4n) is 2.15. The molecule has 1 aromatic carbocycles. The van der Waals surface area contributed by atoms with Gasteiger partial charge in [0, 0.05) is 25.8 Å². The maximum absolute atomic E-state index is 13.1. The standard InChI is InChI=1S/C13H15FN2O4/c14-10-1-2-12(16(18)19)11(7-10)13(17)15-5-3-9-4-6-20-8-9/h1-2,7,9H,3-6,8H2,(H,15,17). The predicted octanol–water partition coefficient (Wildman–Crippen LogP) is 1.89. The number of nitro benzene ring substituents is 1. The molecule has 7 heteroatoms.